The zero-order valence-electron chi connectivity index (χ0n) is 11.6. The highest BCUT2D eigenvalue weighted by Gasteiger charge is 2.27. The Kier molecular flexibility index (Phi) is 4.28. The maximum Gasteiger partial charge on any atom is 0.243 e. The summed E-state index contributed by atoms with van der Waals surface area (Å²) in [7, 11) is -1.73. The van der Waals surface area contributed by atoms with Crippen LogP contribution in [-0.4, -0.2) is 26.3 Å². The fraction of sp³-hybridized carbons (Fsp3) is 0.571. The molecule has 1 fully saturated rings. The van der Waals surface area contributed by atoms with Crippen molar-refractivity contribution < 1.29 is 8.42 Å². The third kappa shape index (κ3) is 2.99. The topological polar surface area (TPSA) is 63.4 Å². The number of nitrogens with two attached hydrogens (primary N) is 1. The number of aryl methyl sites for hydroxylation is 1. The molecule has 4 nitrogen and oxygen atoms in total. The molecule has 0 heterocycles. The Morgan fingerprint density at radius 1 is 1.37 bits per heavy atom. The third-order valence-corrected chi connectivity index (χ3v) is 5.88. The lowest BCUT2D eigenvalue weighted by Gasteiger charge is -2.30. The van der Waals surface area contributed by atoms with Crippen LogP contribution in [0.15, 0.2) is 23.1 Å². The maximum atomic E-state index is 12.6. The number of hydrogen-bond acceptors (Lipinski definition) is 3. The molecule has 0 spiro atoms. The van der Waals surface area contributed by atoms with E-state index in [1.165, 1.54) is 10.7 Å². The molecule has 0 aliphatic heterocycles. The molecule has 5 heteroatoms. The summed E-state index contributed by atoms with van der Waals surface area (Å²) in [5.41, 5.74) is 7.22. The smallest absolute Gasteiger partial charge is 0.243 e. The van der Waals surface area contributed by atoms with E-state index in [2.05, 4.69) is 0 Å². The molecule has 19 heavy (non-hydrogen) atoms. The molecule has 0 amide bonds. The Balaban J connectivity index is 2.26. The van der Waals surface area contributed by atoms with Crippen LogP contribution in [0.5, 0.6) is 0 Å². The number of benzene rings is 1. The van der Waals surface area contributed by atoms with E-state index in [9.17, 15) is 8.42 Å². The predicted octanol–water partition coefficient (Wildman–Crippen LogP) is 1.87. The Bertz CT molecular complexity index is 551. The first-order valence-corrected chi connectivity index (χ1v) is 8.15. The van der Waals surface area contributed by atoms with Crippen LogP contribution in [-0.2, 0) is 16.6 Å². The predicted molar refractivity (Wildman–Crippen MR) is 76.2 cm³/mol. The minimum absolute atomic E-state index is 0.356. The lowest BCUT2D eigenvalue weighted by atomic mass is 9.86. The van der Waals surface area contributed by atoms with Crippen molar-refractivity contribution in [2.45, 2.75) is 37.6 Å². The first-order chi connectivity index (χ1) is 8.95. The van der Waals surface area contributed by atoms with Crippen molar-refractivity contribution in [3.63, 3.8) is 0 Å². The molecule has 1 saturated carbocycles. The number of nitrogens with zero attached hydrogens (tertiary/aromatic N) is 1. The standard InChI is InChI=1S/C14H22N2O2S/c1-11-6-7-13(9-15)8-14(11)19(17,18)16(2)10-12-4-3-5-12/h6-8,12H,3-5,9-10,15H2,1-2H3. The van der Waals surface area contributed by atoms with Gasteiger partial charge >= 0.3 is 0 Å². The molecule has 2 rings (SSSR count). The van der Waals surface area contributed by atoms with E-state index in [1.54, 1.807) is 13.1 Å². The van der Waals surface area contributed by atoms with Crippen molar-refractivity contribution >= 4 is 10.0 Å². The summed E-state index contributed by atoms with van der Waals surface area (Å²) >= 11 is 0. The highest BCUT2D eigenvalue weighted by atomic mass is 32.2. The second kappa shape index (κ2) is 5.61. The molecule has 0 radical (unpaired) electrons. The fourth-order valence-corrected chi connectivity index (χ4v) is 3.87. The van der Waals surface area contributed by atoms with Crippen LogP contribution in [0.1, 0.15) is 30.4 Å². The molecule has 2 N–H and O–H groups in total. The molecule has 0 atom stereocenters. The molecular weight excluding hydrogens is 260 g/mol. The minimum atomic E-state index is -3.40. The van der Waals surface area contributed by atoms with Crippen molar-refractivity contribution in [2.24, 2.45) is 11.7 Å². The quantitative estimate of drug-likeness (QED) is 0.896. The van der Waals surface area contributed by atoms with Gasteiger partial charge < -0.3 is 5.73 Å². The number of sulfonamides is 1. The van der Waals surface area contributed by atoms with E-state index >= 15 is 0 Å². The molecule has 1 aliphatic carbocycles. The van der Waals surface area contributed by atoms with Gasteiger partial charge in [0.15, 0.2) is 0 Å². The van der Waals surface area contributed by atoms with Crippen LogP contribution in [0.3, 0.4) is 0 Å². The monoisotopic (exact) mass is 282 g/mol. The normalized spacial score (nSPS) is 16.6. The van der Waals surface area contributed by atoms with E-state index in [1.807, 2.05) is 19.1 Å². The molecular formula is C14H22N2O2S. The minimum Gasteiger partial charge on any atom is -0.326 e. The van der Waals surface area contributed by atoms with Crippen LogP contribution in [0.2, 0.25) is 0 Å². The largest absolute Gasteiger partial charge is 0.326 e. The molecule has 0 aromatic heterocycles. The Hall–Kier alpha value is -0.910. The van der Waals surface area contributed by atoms with Gasteiger partial charge in [-0.05, 0) is 42.9 Å². The molecule has 0 unspecified atom stereocenters. The highest BCUT2D eigenvalue weighted by molar-refractivity contribution is 7.89. The van der Waals surface area contributed by atoms with Gasteiger partial charge in [-0.15, -0.1) is 0 Å². The molecule has 106 valence electrons. The zero-order valence-corrected chi connectivity index (χ0v) is 12.4. The van der Waals surface area contributed by atoms with Gasteiger partial charge in [-0.1, -0.05) is 18.6 Å². The van der Waals surface area contributed by atoms with Crippen molar-refractivity contribution in [1.82, 2.24) is 4.31 Å². The van der Waals surface area contributed by atoms with E-state index in [0.717, 1.165) is 24.0 Å². The molecule has 1 aromatic rings. The molecule has 1 aromatic carbocycles. The van der Waals surface area contributed by atoms with Crippen LogP contribution >= 0.6 is 0 Å². The lowest BCUT2D eigenvalue weighted by Crippen LogP contribution is -2.34. The summed E-state index contributed by atoms with van der Waals surface area (Å²) < 4.78 is 26.6. The van der Waals surface area contributed by atoms with Crippen molar-refractivity contribution in [3.8, 4) is 0 Å². The average Bonchev–Trinajstić information content (AvgIpc) is 2.33. The van der Waals surface area contributed by atoms with Gasteiger partial charge in [0.05, 0.1) is 4.90 Å². The van der Waals surface area contributed by atoms with E-state index in [4.69, 9.17) is 5.73 Å². The van der Waals surface area contributed by atoms with Gasteiger partial charge in [-0.25, -0.2) is 12.7 Å². The summed E-state index contributed by atoms with van der Waals surface area (Å²) in [6, 6.07) is 5.40. The van der Waals surface area contributed by atoms with E-state index in [0.29, 0.717) is 23.9 Å². The van der Waals surface area contributed by atoms with Crippen molar-refractivity contribution in [3.05, 3.63) is 29.3 Å². The third-order valence-electron chi connectivity index (χ3n) is 3.92. The summed E-state index contributed by atoms with van der Waals surface area (Å²) in [4.78, 5) is 0.386. The van der Waals surface area contributed by atoms with Crippen LogP contribution in [0.4, 0.5) is 0 Å². The SMILES string of the molecule is Cc1ccc(CN)cc1S(=O)(=O)N(C)CC1CCC1. The van der Waals surface area contributed by atoms with Gasteiger partial charge in [0.2, 0.25) is 10.0 Å². The van der Waals surface area contributed by atoms with Crippen LogP contribution < -0.4 is 5.73 Å². The first kappa shape index (κ1) is 14.5. The summed E-state index contributed by atoms with van der Waals surface area (Å²) in [5, 5.41) is 0. The molecule has 1 aliphatic rings. The van der Waals surface area contributed by atoms with E-state index < -0.39 is 10.0 Å². The van der Waals surface area contributed by atoms with Crippen LogP contribution in [0.25, 0.3) is 0 Å². The van der Waals surface area contributed by atoms with Gasteiger partial charge in [0.1, 0.15) is 0 Å². The van der Waals surface area contributed by atoms with Crippen LogP contribution in [0, 0.1) is 12.8 Å². The van der Waals surface area contributed by atoms with Gasteiger partial charge in [-0.3, -0.25) is 0 Å². The average molecular weight is 282 g/mol. The Labute approximate surface area is 115 Å². The highest BCUT2D eigenvalue weighted by Crippen LogP contribution is 2.29. The van der Waals surface area contributed by atoms with E-state index in [-0.39, 0.29) is 0 Å². The lowest BCUT2D eigenvalue weighted by molar-refractivity contribution is 0.263. The number of rotatable bonds is 5. The Morgan fingerprint density at radius 3 is 2.58 bits per heavy atom. The van der Waals surface area contributed by atoms with Crippen molar-refractivity contribution in [2.75, 3.05) is 13.6 Å². The van der Waals surface area contributed by atoms with Gasteiger partial charge in [-0.2, -0.15) is 0 Å². The number of hydrogen-bond donors (Lipinski definition) is 1. The summed E-state index contributed by atoms with van der Waals surface area (Å²) in [5.74, 6) is 0.526. The second-order valence-corrected chi connectivity index (χ2v) is 7.40. The van der Waals surface area contributed by atoms with Gasteiger partial charge in [0, 0.05) is 20.1 Å². The fourth-order valence-electron chi connectivity index (χ4n) is 2.35. The summed E-state index contributed by atoms with van der Waals surface area (Å²) in [6.45, 7) is 2.80. The summed E-state index contributed by atoms with van der Waals surface area (Å²) in [6.07, 6.45) is 3.50. The molecule has 0 saturated heterocycles. The Morgan fingerprint density at radius 2 is 2.05 bits per heavy atom. The van der Waals surface area contributed by atoms with Gasteiger partial charge in [0.25, 0.3) is 0 Å². The second-order valence-electron chi connectivity index (χ2n) is 5.39. The van der Waals surface area contributed by atoms with Crippen molar-refractivity contribution in [1.29, 1.82) is 0 Å². The molecule has 0 bridgehead atoms. The zero-order chi connectivity index (χ0) is 14.0. The maximum absolute atomic E-state index is 12.6. The first-order valence-electron chi connectivity index (χ1n) is 6.71.